The van der Waals surface area contributed by atoms with Crippen molar-refractivity contribution in [2.24, 2.45) is 0 Å². The Morgan fingerprint density at radius 2 is 2.11 bits per heavy atom. The van der Waals surface area contributed by atoms with Crippen molar-refractivity contribution in [1.82, 2.24) is 0 Å². The van der Waals surface area contributed by atoms with E-state index in [0.717, 1.165) is 0 Å². The van der Waals surface area contributed by atoms with Crippen molar-refractivity contribution in [3.63, 3.8) is 0 Å². The molecule has 0 saturated carbocycles. The monoisotopic (exact) mass is 156 g/mol. The summed E-state index contributed by atoms with van der Waals surface area (Å²) in [5.41, 5.74) is 2.52. The maximum absolute atomic E-state index is 3.10. The molecule has 0 aromatic heterocycles. The molecule has 0 unspecified atom stereocenters. The van der Waals surface area contributed by atoms with Crippen LogP contribution in [0.4, 0.5) is 0 Å². The molecule has 0 bridgehead atoms. The first-order chi connectivity index (χ1) is 3.97. The average Bonchev–Trinajstić information content (AvgIpc) is 2.15. The standard InChI is InChI=1S/C8H5.Mn/c1-3-7-5-2-6-8(7)4-1;/h1-5H;/q-1;. The zero-order valence-corrected chi connectivity index (χ0v) is 5.95. The van der Waals surface area contributed by atoms with Gasteiger partial charge in [0.15, 0.2) is 0 Å². The molecular formula is C8H5Mn-. The molecule has 0 nitrogen and oxygen atoms in total. The van der Waals surface area contributed by atoms with E-state index >= 15 is 0 Å². The Bertz CT molecular complexity index is 203. The van der Waals surface area contributed by atoms with Gasteiger partial charge in [0.25, 0.3) is 0 Å². The summed E-state index contributed by atoms with van der Waals surface area (Å²) < 4.78 is 0. The Labute approximate surface area is 65.1 Å². The Morgan fingerprint density at radius 3 is 2.89 bits per heavy atom. The van der Waals surface area contributed by atoms with Crippen molar-refractivity contribution in [3.05, 3.63) is 47.6 Å². The number of fused-ring (bicyclic) bond motifs is 1. The van der Waals surface area contributed by atoms with Crippen molar-refractivity contribution in [2.45, 2.75) is 0 Å². The van der Waals surface area contributed by atoms with E-state index in [2.05, 4.69) is 24.3 Å². The van der Waals surface area contributed by atoms with Crippen molar-refractivity contribution in [2.75, 3.05) is 0 Å². The zero-order chi connectivity index (χ0) is 5.40. The summed E-state index contributed by atoms with van der Waals surface area (Å²) in [5.74, 6) is 0. The molecule has 0 fully saturated rings. The fraction of sp³-hybridized carbons (Fsp3) is 0. The Kier molecular flexibility index (Phi) is 1.75. The Balaban J connectivity index is 0.000000405. The molecule has 0 amide bonds. The van der Waals surface area contributed by atoms with E-state index in [4.69, 9.17) is 0 Å². The van der Waals surface area contributed by atoms with Gasteiger partial charge in [0.1, 0.15) is 0 Å². The minimum absolute atomic E-state index is 0. The first-order valence-corrected chi connectivity index (χ1v) is 2.65. The minimum atomic E-state index is 0. The van der Waals surface area contributed by atoms with Gasteiger partial charge in [-0.25, -0.2) is 0 Å². The quantitative estimate of drug-likeness (QED) is 0.370. The van der Waals surface area contributed by atoms with E-state index < -0.39 is 0 Å². The smallest absolute Gasteiger partial charge is 0 e. The van der Waals surface area contributed by atoms with Crippen LogP contribution < -0.4 is 0 Å². The summed E-state index contributed by atoms with van der Waals surface area (Å²) in [6.45, 7) is 0. The van der Waals surface area contributed by atoms with Crippen LogP contribution in [0.2, 0.25) is 0 Å². The van der Waals surface area contributed by atoms with E-state index in [1.807, 2.05) is 12.2 Å². The van der Waals surface area contributed by atoms with Crippen LogP contribution in [0.1, 0.15) is 0 Å². The third-order valence-corrected chi connectivity index (χ3v) is 1.35. The summed E-state index contributed by atoms with van der Waals surface area (Å²) in [6, 6.07) is 0. The molecule has 2 aliphatic rings. The van der Waals surface area contributed by atoms with E-state index in [9.17, 15) is 0 Å². The van der Waals surface area contributed by atoms with Crippen molar-refractivity contribution < 1.29 is 17.1 Å². The van der Waals surface area contributed by atoms with Crippen LogP contribution in [0.3, 0.4) is 0 Å². The second kappa shape index (κ2) is 2.38. The van der Waals surface area contributed by atoms with Crippen molar-refractivity contribution >= 4 is 0 Å². The van der Waals surface area contributed by atoms with Crippen LogP contribution >= 0.6 is 0 Å². The third-order valence-electron chi connectivity index (χ3n) is 1.35. The van der Waals surface area contributed by atoms with E-state index in [1.165, 1.54) is 11.1 Å². The van der Waals surface area contributed by atoms with Gasteiger partial charge in [-0.15, -0.1) is 29.9 Å². The Morgan fingerprint density at radius 1 is 1.22 bits per heavy atom. The summed E-state index contributed by atoms with van der Waals surface area (Å²) >= 11 is 0. The molecule has 1 radical (unpaired) electrons. The van der Waals surface area contributed by atoms with Crippen LogP contribution in [-0.4, -0.2) is 0 Å². The van der Waals surface area contributed by atoms with Gasteiger partial charge in [-0.05, 0) is 0 Å². The van der Waals surface area contributed by atoms with Gasteiger partial charge in [-0.2, -0.15) is 17.7 Å². The summed E-state index contributed by atoms with van der Waals surface area (Å²) in [5, 5.41) is 0. The van der Waals surface area contributed by atoms with E-state index in [-0.39, 0.29) is 17.1 Å². The summed E-state index contributed by atoms with van der Waals surface area (Å²) in [7, 11) is 0. The fourth-order valence-corrected chi connectivity index (χ4v) is 0.932. The predicted octanol–water partition coefficient (Wildman–Crippen LogP) is 1.78. The molecule has 0 saturated heterocycles. The van der Waals surface area contributed by atoms with Crippen molar-refractivity contribution in [1.29, 1.82) is 0 Å². The molecule has 2 rings (SSSR count). The normalized spacial score (nSPS) is 18.7. The zero-order valence-electron chi connectivity index (χ0n) is 4.76. The first kappa shape index (κ1) is 6.60. The number of rotatable bonds is 0. The van der Waals surface area contributed by atoms with E-state index in [0.29, 0.717) is 0 Å². The largest absolute Gasteiger partial charge is 0.168 e. The van der Waals surface area contributed by atoms with Gasteiger partial charge in [0.2, 0.25) is 0 Å². The maximum atomic E-state index is 3.10. The van der Waals surface area contributed by atoms with Crippen molar-refractivity contribution in [3.8, 4) is 0 Å². The van der Waals surface area contributed by atoms with Gasteiger partial charge >= 0.3 is 0 Å². The topological polar surface area (TPSA) is 0 Å². The third kappa shape index (κ3) is 0.937. The Hall–Kier alpha value is -0.521. The van der Waals surface area contributed by atoms with Gasteiger partial charge in [-0.3, -0.25) is 0 Å². The van der Waals surface area contributed by atoms with Crippen LogP contribution in [-0.2, 0) is 17.1 Å². The van der Waals surface area contributed by atoms with E-state index in [1.54, 1.807) is 0 Å². The van der Waals surface area contributed by atoms with Crippen LogP contribution in [0.25, 0.3) is 0 Å². The SMILES string of the molecule is [C-]1=CC=C2C=CC=C12.[Mn]. The molecular weight excluding hydrogens is 151 g/mol. The number of hydrogen-bond acceptors (Lipinski definition) is 0. The summed E-state index contributed by atoms with van der Waals surface area (Å²) in [4.78, 5) is 0. The molecule has 9 heavy (non-hydrogen) atoms. The number of hydrogen-bond donors (Lipinski definition) is 0. The van der Waals surface area contributed by atoms with Gasteiger partial charge in [0, 0.05) is 17.1 Å². The second-order valence-electron chi connectivity index (χ2n) is 1.87. The molecule has 0 aromatic carbocycles. The molecule has 45 valence electrons. The molecule has 0 atom stereocenters. The number of allylic oxidation sites excluding steroid dienone is 8. The molecule has 2 aliphatic carbocycles. The van der Waals surface area contributed by atoms with Gasteiger partial charge in [0.05, 0.1) is 0 Å². The average molecular weight is 156 g/mol. The van der Waals surface area contributed by atoms with Crippen LogP contribution in [0.5, 0.6) is 0 Å². The van der Waals surface area contributed by atoms with Crippen LogP contribution in [0, 0.1) is 6.08 Å². The maximum Gasteiger partial charge on any atom is 0 e. The fourth-order valence-electron chi connectivity index (χ4n) is 0.932. The molecule has 0 aliphatic heterocycles. The predicted molar refractivity (Wildman–Crippen MR) is 33.1 cm³/mol. The molecule has 0 N–H and O–H groups in total. The minimum Gasteiger partial charge on any atom is -0.168 e. The molecule has 0 heterocycles. The molecule has 0 aromatic rings. The van der Waals surface area contributed by atoms with Gasteiger partial charge < -0.3 is 0 Å². The first-order valence-electron chi connectivity index (χ1n) is 2.65. The molecule has 0 spiro atoms. The molecule has 1 heteroatoms. The summed E-state index contributed by atoms with van der Waals surface area (Å²) in [6.07, 6.45) is 13.3. The second-order valence-corrected chi connectivity index (χ2v) is 1.87. The van der Waals surface area contributed by atoms with Gasteiger partial charge in [-0.1, -0.05) is 0 Å². The van der Waals surface area contributed by atoms with Crippen LogP contribution in [0.15, 0.2) is 41.5 Å².